The van der Waals surface area contributed by atoms with Crippen molar-refractivity contribution in [2.24, 2.45) is 4.40 Å². The molecule has 0 aliphatic rings. The van der Waals surface area contributed by atoms with Gasteiger partial charge in [0.05, 0.1) is 10.4 Å². The number of hydrogen-bond acceptors (Lipinski definition) is 6. The molecule has 0 unspecified atom stereocenters. The number of sulfonamides is 1. The lowest BCUT2D eigenvalue weighted by molar-refractivity contribution is 0.597. The van der Waals surface area contributed by atoms with Crippen molar-refractivity contribution in [2.75, 3.05) is 0 Å². The molecule has 1 aromatic carbocycles. The molecule has 8 heteroatoms. The molecule has 0 saturated heterocycles. The summed E-state index contributed by atoms with van der Waals surface area (Å²) in [4.78, 5) is 14.3. The van der Waals surface area contributed by atoms with Crippen molar-refractivity contribution < 1.29 is 8.42 Å². The van der Waals surface area contributed by atoms with Crippen molar-refractivity contribution in [2.45, 2.75) is 37.5 Å². The van der Waals surface area contributed by atoms with Crippen LogP contribution in [0.4, 0.5) is 0 Å². The molecule has 0 aliphatic carbocycles. The van der Waals surface area contributed by atoms with Gasteiger partial charge in [-0.3, -0.25) is 4.79 Å². The van der Waals surface area contributed by atoms with E-state index in [-0.39, 0.29) is 8.88 Å². The third-order valence-electron chi connectivity index (χ3n) is 2.97. The molecule has 22 heavy (non-hydrogen) atoms. The van der Waals surface area contributed by atoms with Gasteiger partial charge in [-0.1, -0.05) is 43.2 Å². The van der Waals surface area contributed by atoms with Gasteiger partial charge in [-0.25, -0.2) is 0 Å². The van der Waals surface area contributed by atoms with Crippen molar-refractivity contribution >= 4 is 32.7 Å². The van der Waals surface area contributed by atoms with E-state index in [2.05, 4.69) is 16.3 Å². The van der Waals surface area contributed by atoms with Gasteiger partial charge < -0.3 is 0 Å². The number of rotatable bonds is 6. The lowest BCUT2D eigenvalue weighted by atomic mass is 10.1. The Morgan fingerprint density at radius 3 is 2.55 bits per heavy atom. The van der Waals surface area contributed by atoms with Gasteiger partial charge in [0.25, 0.3) is 10.0 Å². The number of hydrogen-bond donors (Lipinski definition) is 0. The Morgan fingerprint density at radius 1 is 1.18 bits per heavy atom. The van der Waals surface area contributed by atoms with E-state index in [1.807, 2.05) is 12.1 Å². The molecule has 0 atom stereocenters. The summed E-state index contributed by atoms with van der Waals surface area (Å²) in [7, 11) is -3.79. The quantitative estimate of drug-likeness (QED) is 0.746. The van der Waals surface area contributed by atoms with Crippen molar-refractivity contribution in [3.63, 3.8) is 0 Å². The fraction of sp³-hybridized carbons (Fsp3) is 0.357. The summed E-state index contributed by atoms with van der Waals surface area (Å²) in [5.74, 6) is 0. The van der Waals surface area contributed by atoms with Crippen molar-refractivity contribution in [3.8, 4) is 0 Å². The Kier molecular flexibility index (Phi) is 5.98. The molecular weight excluding hydrogens is 340 g/mol. The molecule has 0 N–H and O–H groups in total. The summed E-state index contributed by atoms with van der Waals surface area (Å²) in [6, 6.07) is 6.76. The molecule has 0 saturated carbocycles. The lowest BCUT2D eigenvalue weighted by Crippen LogP contribution is -2.08. The zero-order valence-electron chi connectivity index (χ0n) is 12.1. The van der Waals surface area contributed by atoms with Crippen LogP contribution in [-0.2, 0) is 16.4 Å². The number of nitrogens with zero attached hydrogens (tertiary/aromatic N) is 2. The van der Waals surface area contributed by atoms with Gasteiger partial charge >= 0.3 is 4.87 Å². The summed E-state index contributed by atoms with van der Waals surface area (Å²) in [5, 5.41) is 0. The molecule has 5 nitrogen and oxygen atoms in total. The maximum Gasteiger partial charge on any atom is 0.329 e. The molecule has 1 aromatic heterocycles. The number of aromatic nitrogens is 1. The normalized spacial score (nSPS) is 12.5. The van der Waals surface area contributed by atoms with Crippen LogP contribution in [0.15, 0.2) is 43.9 Å². The van der Waals surface area contributed by atoms with E-state index in [0.29, 0.717) is 0 Å². The minimum absolute atomic E-state index is 0.135. The van der Waals surface area contributed by atoms with Crippen LogP contribution in [0.5, 0.6) is 0 Å². The fourth-order valence-electron chi connectivity index (χ4n) is 1.84. The monoisotopic (exact) mass is 356 g/mol. The first-order valence-electron chi connectivity index (χ1n) is 6.86. The molecule has 2 rings (SSSR count). The zero-order valence-corrected chi connectivity index (χ0v) is 14.5. The Balaban J connectivity index is 2.23. The molecule has 1 heterocycles. The molecule has 0 radical (unpaired) electrons. The molecule has 0 spiro atoms. The standard InChI is InChI=1S/C14H16N2O3S3/c1-2-3-4-5-11-6-8-12(9-7-11)22(18,19)16-14-20-10-15-13(17)21-14/h6-10H,2-5H2,1H3. The smallest absolute Gasteiger partial charge is 0.255 e. The number of benzene rings is 1. The van der Waals surface area contributed by atoms with Crippen LogP contribution in [0.25, 0.3) is 0 Å². The molecule has 0 bridgehead atoms. The zero-order chi connectivity index (χ0) is 16.0. The van der Waals surface area contributed by atoms with Crippen LogP contribution in [-0.4, -0.2) is 13.4 Å². The van der Waals surface area contributed by atoms with Crippen molar-refractivity contribution in [1.29, 1.82) is 0 Å². The Bertz CT molecular complexity index is 836. The lowest BCUT2D eigenvalue weighted by Gasteiger charge is -2.02. The van der Waals surface area contributed by atoms with Crippen LogP contribution < -0.4 is 8.86 Å². The van der Waals surface area contributed by atoms with Crippen molar-refractivity contribution in [1.82, 2.24) is 4.98 Å². The van der Waals surface area contributed by atoms with E-state index in [9.17, 15) is 13.2 Å². The van der Waals surface area contributed by atoms with Gasteiger partial charge in [0.15, 0.2) is 3.98 Å². The highest BCUT2D eigenvalue weighted by Gasteiger charge is 2.12. The largest absolute Gasteiger partial charge is 0.329 e. The van der Waals surface area contributed by atoms with Gasteiger partial charge in [0.1, 0.15) is 0 Å². The first-order chi connectivity index (χ1) is 10.5. The maximum atomic E-state index is 12.2. The second-order valence-electron chi connectivity index (χ2n) is 4.65. The highest BCUT2D eigenvalue weighted by Crippen LogP contribution is 2.15. The van der Waals surface area contributed by atoms with Crippen molar-refractivity contribution in [3.05, 3.63) is 49.0 Å². The average Bonchev–Trinajstić information content (AvgIpc) is 2.47. The Hall–Kier alpha value is -1.38. The van der Waals surface area contributed by atoms with Crippen LogP contribution >= 0.6 is 22.7 Å². The predicted octanol–water partition coefficient (Wildman–Crippen LogP) is 2.59. The van der Waals surface area contributed by atoms with Crippen LogP contribution in [0.2, 0.25) is 0 Å². The van der Waals surface area contributed by atoms with E-state index in [1.54, 1.807) is 12.1 Å². The second kappa shape index (κ2) is 7.75. The van der Waals surface area contributed by atoms with Gasteiger partial charge in [0.2, 0.25) is 0 Å². The minimum Gasteiger partial charge on any atom is -0.255 e. The number of aryl methyl sites for hydroxylation is 1. The number of unbranched alkanes of at least 4 members (excludes halogenated alkanes) is 2. The SMILES string of the molecule is CCCCCc1ccc(S(=O)(=O)N=c2scnc(=O)s2)cc1. The third-order valence-corrected chi connectivity index (χ3v) is 6.08. The highest BCUT2D eigenvalue weighted by molar-refractivity contribution is 7.90. The van der Waals surface area contributed by atoms with Gasteiger partial charge in [-0.15, -0.1) is 4.40 Å². The van der Waals surface area contributed by atoms with Gasteiger partial charge in [-0.2, -0.15) is 13.4 Å². The Morgan fingerprint density at radius 2 is 1.91 bits per heavy atom. The molecule has 0 fully saturated rings. The summed E-state index contributed by atoms with van der Waals surface area (Å²) < 4.78 is 28.3. The van der Waals surface area contributed by atoms with Crippen LogP contribution in [0.3, 0.4) is 0 Å². The molecular formula is C14H16N2O3S3. The second-order valence-corrected chi connectivity index (χ2v) is 8.29. The maximum absolute atomic E-state index is 12.2. The molecule has 0 aliphatic heterocycles. The van der Waals surface area contributed by atoms with Crippen LogP contribution in [0, 0.1) is 0 Å². The van der Waals surface area contributed by atoms with Gasteiger partial charge in [-0.05, 0) is 41.9 Å². The van der Waals surface area contributed by atoms with E-state index in [0.717, 1.165) is 53.9 Å². The van der Waals surface area contributed by atoms with E-state index in [1.165, 1.54) is 5.51 Å². The third kappa shape index (κ3) is 4.82. The van der Waals surface area contributed by atoms with E-state index < -0.39 is 14.9 Å². The van der Waals surface area contributed by atoms with E-state index >= 15 is 0 Å². The summed E-state index contributed by atoms with van der Waals surface area (Å²) >= 11 is 1.75. The minimum atomic E-state index is -3.79. The first kappa shape index (κ1) is 17.0. The summed E-state index contributed by atoms with van der Waals surface area (Å²) in [6.07, 6.45) is 4.36. The topological polar surface area (TPSA) is 76.5 Å². The fourth-order valence-corrected chi connectivity index (χ4v) is 4.62. The highest BCUT2D eigenvalue weighted by atomic mass is 32.2. The molecule has 0 amide bonds. The summed E-state index contributed by atoms with van der Waals surface area (Å²) in [5.41, 5.74) is 2.41. The molecule has 2 aromatic rings. The van der Waals surface area contributed by atoms with Gasteiger partial charge in [0, 0.05) is 0 Å². The average molecular weight is 356 g/mol. The summed E-state index contributed by atoms with van der Waals surface area (Å²) in [6.45, 7) is 2.14. The van der Waals surface area contributed by atoms with Crippen LogP contribution in [0.1, 0.15) is 31.7 Å². The first-order valence-corrected chi connectivity index (χ1v) is 10.00. The Labute approximate surface area is 137 Å². The van der Waals surface area contributed by atoms with E-state index in [4.69, 9.17) is 0 Å². The predicted molar refractivity (Wildman–Crippen MR) is 88.7 cm³/mol. The molecule has 118 valence electrons.